The minimum atomic E-state index is -1.50. The Balaban J connectivity index is 3.89. The maximum atomic E-state index is 10.3. The fourth-order valence-electron chi connectivity index (χ4n) is 0.772. The molecule has 1 atom stereocenters. The number of hydrogen-bond donors (Lipinski definition) is 3. The Kier molecular flexibility index (Phi) is 5.31. The van der Waals surface area contributed by atoms with Crippen molar-refractivity contribution in [1.82, 2.24) is 0 Å². The second-order valence-corrected chi connectivity index (χ2v) is 2.64. The van der Waals surface area contributed by atoms with E-state index in [0.29, 0.717) is 0 Å². The largest absolute Gasteiger partial charge is 0.506 e. The fraction of sp³-hybridized carbons (Fsp3) is 0.500. The lowest BCUT2D eigenvalue weighted by Crippen LogP contribution is -2.21. The first kappa shape index (κ1) is 12.4. The van der Waals surface area contributed by atoms with E-state index in [1.807, 2.05) is 0 Å². The van der Waals surface area contributed by atoms with Crippen LogP contribution < -0.4 is 0 Å². The average molecular weight is 204 g/mol. The molecule has 0 rings (SSSR count). The fourth-order valence-corrected chi connectivity index (χ4v) is 0.772. The molecule has 14 heavy (non-hydrogen) atoms. The van der Waals surface area contributed by atoms with Gasteiger partial charge in [0.2, 0.25) is 0 Å². The average Bonchev–Trinajstić information content (AvgIpc) is 2.10. The Hall–Kier alpha value is -1.56. The lowest BCUT2D eigenvalue weighted by Gasteiger charge is -2.12. The van der Waals surface area contributed by atoms with Gasteiger partial charge in [-0.1, -0.05) is 6.58 Å². The van der Waals surface area contributed by atoms with Crippen molar-refractivity contribution in [2.75, 3.05) is 6.61 Å². The summed E-state index contributed by atoms with van der Waals surface area (Å²) in [6, 6.07) is 0. The molecule has 0 radical (unpaired) electrons. The molecule has 0 spiro atoms. The molecular formula is C8H12O6. The number of carboxylic acid groups (broad SMARTS) is 2. The topological polar surface area (TPSA) is 104 Å². The van der Waals surface area contributed by atoms with Crippen molar-refractivity contribution in [3.8, 4) is 0 Å². The summed E-state index contributed by atoms with van der Waals surface area (Å²) in [4.78, 5) is 20.4. The molecule has 0 aromatic carbocycles. The van der Waals surface area contributed by atoms with Gasteiger partial charge in [0.05, 0.1) is 6.61 Å². The third kappa shape index (κ3) is 5.15. The number of rotatable bonds is 6. The number of hydrogen-bond acceptors (Lipinski definition) is 4. The van der Waals surface area contributed by atoms with Crippen LogP contribution in [-0.2, 0) is 9.53 Å². The summed E-state index contributed by atoms with van der Waals surface area (Å²) in [5.74, 6) is -1.14. The normalized spacial score (nSPS) is 11.8. The molecule has 1 unspecified atom stereocenters. The number of ether oxygens (including phenoxy) is 1. The molecule has 0 aromatic heterocycles. The highest BCUT2D eigenvalue weighted by Gasteiger charge is 2.14. The molecule has 0 fully saturated rings. The monoisotopic (exact) mass is 204 g/mol. The van der Waals surface area contributed by atoms with E-state index in [2.05, 4.69) is 11.3 Å². The van der Waals surface area contributed by atoms with E-state index in [1.54, 1.807) is 0 Å². The Morgan fingerprint density at radius 2 is 1.93 bits per heavy atom. The number of aliphatic carboxylic acids is 1. The summed E-state index contributed by atoms with van der Waals surface area (Å²) in [5.41, 5.74) is -0.0440. The Bertz CT molecular complexity index is 234. The zero-order valence-electron chi connectivity index (χ0n) is 7.47. The van der Waals surface area contributed by atoms with Gasteiger partial charge in [-0.05, 0) is 12.8 Å². The first-order valence-corrected chi connectivity index (χ1v) is 3.89. The summed E-state index contributed by atoms with van der Waals surface area (Å²) in [7, 11) is 0. The zero-order chi connectivity index (χ0) is 11.1. The van der Waals surface area contributed by atoms with Crippen LogP contribution in [0, 0.1) is 0 Å². The van der Waals surface area contributed by atoms with Gasteiger partial charge in [-0.25, -0.2) is 9.59 Å². The third-order valence-corrected chi connectivity index (χ3v) is 1.54. The van der Waals surface area contributed by atoms with Crippen molar-refractivity contribution in [1.29, 1.82) is 0 Å². The summed E-state index contributed by atoms with van der Waals surface area (Å²) < 4.78 is 4.26. The van der Waals surface area contributed by atoms with Crippen LogP contribution in [0.1, 0.15) is 12.8 Å². The molecular weight excluding hydrogens is 192 g/mol. The molecule has 0 amide bonds. The van der Waals surface area contributed by atoms with Crippen LogP contribution in [0.4, 0.5) is 4.79 Å². The highest BCUT2D eigenvalue weighted by molar-refractivity contribution is 5.85. The smallest absolute Gasteiger partial charge is 0.478 e. The number of carboxylic acids is 1. The van der Waals surface area contributed by atoms with Gasteiger partial charge < -0.3 is 20.1 Å². The maximum absolute atomic E-state index is 10.3. The van der Waals surface area contributed by atoms with Gasteiger partial charge in [0, 0.05) is 5.57 Å². The Labute approximate surface area is 80.4 Å². The van der Waals surface area contributed by atoms with Crippen LogP contribution in [0.5, 0.6) is 0 Å². The van der Waals surface area contributed by atoms with Crippen LogP contribution in [0.3, 0.4) is 0 Å². The second kappa shape index (κ2) is 5.98. The minimum absolute atomic E-state index is 0.0440. The molecule has 0 aromatic rings. The molecule has 6 heteroatoms. The van der Waals surface area contributed by atoms with Crippen LogP contribution in [-0.4, -0.2) is 40.2 Å². The van der Waals surface area contributed by atoms with Gasteiger partial charge in [0.25, 0.3) is 0 Å². The SMILES string of the molecule is C=C(CCC(CO)OC(=O)O)C(=O)O. The van der Waals surface area contributed by atoms with Crippen molar-refractivity contribution < 1.29 is 29.6 Å². The van der Waals surface area contributed by atoms with Gasteiger partial charge in [0.15, 0.2) is 0 Å². The summed E-state index contributed by atoms with van der Waals surface area (Å²) in [6.07, 6.45) is -2.21. The molecule has 6 nitrogen and oxygen atoms in total. The summed E-state index contributed by atoms with van der Waals surface area (Å²) in [5, 5.41) is 25.3. The Morgan fingerprint density at radius 3 is 2.29 bits per heavy atom. The molecule has 0 heterocycles. The van der Waals surface area contributed by atoms with E-state index >= 15 is 0 Å². The van der Waals surface area contributed by atoms with E-state index < -0.39 is 24.8 Å². The van der Waals surface area contributed by atoms with Gasteiger partial charge in [-0.2, -0.15) is 0 Å². The maximum Gasteiger partial charge on any atom is 0.506 e. The highest BCUT2D eigenvalue weighted by atomic mass is 16.7. The van der Waals surface area contributed by atoms with Crippen molar-refractivity contribution in [3.05, 3.63) is 12.2 Å². The molecule has 0 bridgehead atoms. The molecule has 0 saturated carbocycles. The number of aliphatic hydroxyl groups is 1. The summed E-state index contributed by atoms with van der Waals surface area (Å²) >= 11 is 0. The van der Waals surface area contributed by atoms with Crippen molar-refractivity contribution in [3.63, 3.8) is 0 Å². The quantitative estimate of drug-likeness (QED) is 0.429. The van der Waals surface area contributed by atoms with Crippen LogP contribution in [0.15, 0.2) is 12.2 Å². The third-order valence-electron chi connectivity index (χ3n) is 1.54. The standard InChI is InChI=1S/C8H12O6/c1-5(7(10)11)2-3-6(4-9)14-8(12)13/h6,9H,1-4H2,(H,10,11)(H,12,13). The highest BCUT2D eigenvalue weighted by Crippen LogP contribution is 2.08. The predicted molar refractivity (Wildman–Crippen MR) is 46.0 cm³/mol. The number of aliphatic hydroxyl groups excluding tert-OH is 1. The molecule has 80 valence electrons. The van der Waals surface area contributed by atoms with Gasteiger partial charge in [-0.15, -0.1) is 0 Å². The summed E-state index contributed by atoms with van der Waals surface area (Å²) in [6.45, 7) is 2.78. The van der Waals surface area contributed by atoms with E-state index in [-0.39, 0.29) is 18.4 Å². The lowest BCUT2D eigenvalue weighted by molar-refractivity contribution is -0.132. The second-order valence-electron chi connectivity index (χ2n) is 2.64. The van der Waals surface area contributed by atoms with Gasteiger partial charge in [0.1, 0.15) is 6.10 Å². The first-order valence-electron chi connectivity index (χ1n) is 3.89. The molecule has 0 saturated heterocycles. The molecule has 0 aliphatic rings. The van der Waals surface area contributed by atoms with E-state index in [9.17, 15) is 9.59 Å². The number of carbonyl (C=O) groups is 2. The van der Waals surface area contributed by atoms with Crippen molar-refractivity contribution >= 4 is 12.1 Å². The Morgan fingerprint density at radius 1 is 1.36 bits per heavy atom. The van der Waals surface area contributed by atoms with Crippen molar-refractivity contribution in [2.45, 2.75) is 18.9 Å². The van der Waals surface area contributed by atoms with Crippen molar-refractivity contribution in [2.24, 2.45) is 0 Å². The van der Waals surface area contributed by atoms with Crippen LogP contribution in [0.2, 0.25) is 0 Å². The molecule has 3 N–H and O–H groups in total. The molecule has 0 aliphatic heterocycles. The van der Waals surface area contributed by atoms with E-state index in [0.717, 1.165) is 0 Å². The van der Waals surface area contributed by atoms with Crippen LogP contribution >= 0.6 is 0 Å². The zero-order valence-corrected chi connectivity index (χ0v) is 7.47. The molecule has 0 aliphatic carbocycles. The van der Waals surface area contributed by atoms with Gasteiger partial charge >= 0.3 is 12.1 Å². The van der Waals surface area contributed by atoms with Crippen LogP contribution in [0.25, 0.3) is 0 Å². The van der Waals surface area contributed by atoms with E-state index in [1.165, 1.54) is 0 Å². The minimum Gasteiger partial charge on any atom is -0.478 e. The van der Waals surface area contributed by atoms with E-state index in [4.69, 9.17) is 15.3 Å². The predicted octanol–water partition coefficient (Wildman–Crippen LogP) is 0.463. The van der Waals surface area contributed by atoms with Gasteiger partial charge in [-0.3, -0.25) is 0 Å². The lowest BCUT2D eigenvalue weighted by atomic mass is 10.1. The first-order chi connectivity index (χ1) is 6.47.